The molecule has 1 aliphatic heterocycles. The first-order valence-corrected chi connectivity index (χ1v) is 8.72. The molecule has 2 unspecified atom stereocenters. The summed E-state index contributed by atoms with van der Waals surface area (Å²) in [5.41, 5.74) is 2.61. The quantitative estimate of drug-likeness (QED) is 0.821. The zero-order valence-corrected chi connectivity index (χ0v) is 15.5. The summed E-state index contributed by atoms with van der Waals surface area (Å²) in [6.07, 6.45) is 4.95. The van der Waals surface area contributed by atoms with Crippen LogP contribution >= 0.6 is 12.4 Å². The van der Waals surface area contributed by atoms with E-state index < -0.39 is 0 Å². The van der Waals surface area contributed by atoms with E-state index >= 15 is 0 Å². The van der Waals surface area contributed by atoms with E-state index in [0.717, 1.165) is 32.4 Å². The van der Waals surface area contributed by atoms with E-state index in [1.54, 1.807) is 0 Å². The predicted molar refractivity (Wildman–Crippen MR) is 99.2 cm³/mol. The van der Waals surface area contributed by atoms with Crippen molar-refractivity contribution in [1.82, 2.24) is 10.2 Å². The van der Waals surface area contributed by atoms with Crippen LogP contribution in [0.15, 0.2) is 24.3 Å². The molecule has 1 aromatic rings. The molecule has 1 heterocycles. The average molecular weight is 339 g/mol. The Morgan fingerprint density at radius 2 is 2.00 bits per heavy atom. The number of carbonyl (C=O) groups excluding carboxylic acids is 1. The van der Waals surface area contributed by atoms with Gasteiger partial charge in [-0.3, -0.25) is 4.79 Å². The maximum Gasteiger partial charge on any atom is 0.224 e. The maximum atomic E-state index is 12.7. The summed E-state index contributed by atoms with van der Waals surface area (Å²) in [5, 5.41) is 3.43. The van der Waals surface area contributed by atoms with Crippen LogP contribution in [0.4, 0.5) is 0 Å². The van der Waals surface area contributed by atoms with E-state index in [4.69, 9.17) is 0 Å². The lowest BCUT2D eigenvalue weighted by Gasteiger charge is -2.31. The summed E-state index contributed by atoms with van der Waals surface area (Å²) in [6.45, 7) is 8.25. The summed E-state index contributed by atoms with van der Waals surface area (Å²) < 4.78 is 0. The summed E-state index contributed by atoms with van der Waals surface area (Å²) in [6, 6.07) is 9.38. The highest BCUT2D eigenvalue weighted by Gasteiger charge is 2.25. The molecular formula is C19H31ClN2O. The molecule has 130 valence electrons. The number of aryl methyl sites for hydroxylation is 1. The van der Waals surface area contributed by atoms with E-state index in [2.05, 4.69) is 55.3 Å². The lowest BCUT2D eigenvalue weighted by Crippen LogP contribution is -2.43. The molecule has 1 fully saturated rings. The Bertz CT molecular complexity index is 469. The SMILES string of the molecule is CCC(Cc1ccc(C)cc1)N(CC)C(=O)CC1CCCN1.Cl. The van der Waals surface area contributed by atoms with E-state index in [1.165, 1.54) is 17.5 Å². The van der Waals surface area contributed by atoms with Crippen molar-refractivity contribution < 1.29 is 4.79 Å². The standard InChI is InChI=1S/C19H30N2O.ClH/c1-4-18(13-16-10-8-15(3)9-11-16)21(5-2)19(22)14-17-7-6-12-20-17;/h8-11,17-18,20H,4-7,12-14H2,1-3H3;1H. The van der Waals surface area contributed by atoms with Gasteiger partial charge in [-0.25, -0.2) is 0 Å². The van der Waals surface area contributed by atoms with Gasteiger partial charge in [-0.1, -0.05) is 36.8 Å². The van der Waals surface area contributed by atoms with Crippen LogP contribution in [0.2, 0.25) is 0 Å². The molecule has 23 heavy (non-hydrogen) atoms. The topological polar surface area (TPSA) is 32.3 Å². The third kappa shape index (κ3) is 5.82. The van der Waals surface area contributed by atoms with Gasteiger partial charge >= 0.3 is 0 Å². The van der Waals surface area contributed by atoms with Gasteiger partial charge in [0.1, 0.15) is 0 Å². The van der Waals surface area contributed by atoms with Crippen molar-refractivity contribution >= 4 is 18.3 Å². The van der Waals surface area contributed by atoms with Crippen molar-refractivity contribution in [1.29, 1.82) is 0 Å². The minimum absolute atomic E-state index is 0. The third-order valence-electron chi connectivity index (χ3n) is 4.75. The Kier molecular flexibility index (Phi) is 8.64. The average Bonchev–Trinajstić information content (AvgIpc) is 3.02. The Morgan fingerprint density at radius 3 is 2.52 bits per heavy atom. The molecule has 0 aliphatic carbocycles. The fourth-order valence-electron chi connectivity index (χ4n) is 3.37. The number of rotatable bonds is 7. The molecule has 1 N–H and O–H groups in total. The lowest BCUT2D eigenvalue weighted by molar-refractivity contribution is -0.133. The first-order valence-electron chi connectivity index (χ1n) is 8.72. The first-order chi connectivity index (χ1) is 10.6. The van der Waals surface area contributed by atoms with E-state index in [0.29, 0.717) is 24.4 Å². The highest BCUT2D eigenvalue weighted by Crippen LogP contribution is 2.17. The number of carbonyl (C=O) groups is 1. The van der Waals surface area contributed by atoms with Crippen LogP contribution in [-0.2, 0) is 11.2 Å². The molecule has 0 bridgehead atoms. The van der Waals surface area contributed by atoms with Crippen molar-refractivity contribution in [3.8, 4) is 0 Å². The second kappa shape index (κ2) is 9.94. The molecule has 0 radical (unpaired) electrons. The second-order valence-electron chi connectivity index (χ2n) is 6.43. The minimum atomic E-state index is 0. The molecule has 2 atom stereocenters. The van der Waals surface area contributed by atoms with Crippen LogP contribution in [0.3, 0.4) is 0 Å². The highest BCUT2D eigenvalue weighted by molar-refractivity contribution is 5.85. The number of nitrogens with one attached hydrogen (secondary N) is 1. The Balaban J connectivity index is 0.00000264. The summed E-state index contributed by atoms with van der Waals surface area (Å²) in [5.74, 6) is 0.306. The van der Waals surface area contributed by atoms with Crippen LogP contribution in [0.5, 0.6) is 0 Å². The van der Waals surface area contributed by atoms with Gasteiger partial charge in [0, 0.05) is 25.0 Å². The Morgan fingerprint density at radius 1 is 1.30 bits per heavy atom. The number of halogens is 1. The van der Waals surface area contributed by atoms with Crippen molar-refractivity contribution in [2.45, 2.75) is 65.0 Å². The number of nitrogens with zero attached hydrogens (tertiary/aromatic N) is 1. The Labute approximate surface area is 147 Å². The normalized spacial score (nSPS) is 18.3. The van der Waals surface area contributed by atoms with Crippen molar-refractivity contribution in [2.24, 2.45) is 0 Å². The largest absolute Gasteiger partial charge is 0.340 e. The van der Waals surface area contributed by atoms with Crippen molar-refractivity contribution in [3.05, 3.63) is 35.4 Å². The van der Waals surface area contributed by atoms with Crippen LogP contribution in [0, 0.1) is 6.92 Å². The van der Waals surface area contributed by atoms with E-state index in [-0.39, 0.29) is 12.4 Å². The predicted octanol–water partition coefficient (Wildman–Crippen LogP) is 3.73. The van der Waals surface area contributed by atoms with Gasteiger partial charge in [-0.15, -0.1) is 12.4 Å². The van der Waals surface area contributed by atoms with Crippen molar-refractivity contribution in [2.75, 3.05) is 13.1 Å². The highest BCUT2D eigenvalue weighted by atomic mass is 35.5. The zero-order valence-electron chi connectivity index (χ0n) is 14.7. The zero-order chi connectivity index (χ0) is 15.9. The molecule has 0 aromatic heterocycles. The molecule has 4 heteroatoms. The molecule has 3 nitrogen and oxygen atoms in total. The number of likely N-dealkylation sites (N-methyl/N-ethyl adjacent to an activating group) is 1. The molecular weight excluding hydrogens is 308 g/mol. The van der Waals surface area contributed by atoms with Gasteiger partial charge in [-0.05, 0) is 51.6 Å². The number of amides is 1. The molecule has 1 aromatic carbocycles. The molecule has 1 amide bonds. The number of hydrogen-bond donors (Lipinski definition) is 1. The minimum Gasteiger partial charge on any atom is -0.340 e. The van der Waals surface area contributed by atoms with Gasteiger partial charge in [0.25, 0.3) is 0 Å². The van der Waals surface area contributed by atoms with Gasteiger partial charge in [-0.2, -0.15) is 0 Å². The molecule has 2 rings (SSSR count). The third-order valence-corrected chi connectivity index (χ3v) is 4.75. The van der Waals surface area contributed by atoms with Crippen molar-refractivity contribution in [3.63, 3.8) is 0 Å². The fourth-order valence-corrected chi connectivity index (χ4v) is 3.37. The molecule has 0 saturated carbocycles. The molecule has 0 spiro atoms. The lowest BCUT2D eigenvalue weighted by atomic mass is 10.0. The summed E-state index contributed by atoms with van der Waals surface area (Å²) in [7, 11) is 0. The summed E-state index contributed by atoms with van der Waals surface area (Å²) >= 11 is 0. The monoisotopic (exact) mass is 338 g/mol. The number of hydrogen-bond acceptors (Lipinski definition) is 2. The maximum absolute atomic E-state index is 12.7. The first kappa shape index (κ1) is 20.0. The van der Waals surface area contributed by atoms with Gasteiger partial charge in [0.15, 0.2) is 0 Å². The molecule has 1 aliphatic rings. The summed E-state index contributed by atoms with van der Waals surface area (Å²) in [4.78, 5) is 14.7. The van der Waals surface area contributed by atoms with Crippen LogP contribution < -0.4 is 5.32 Å². The molecule has 1 saturated heterocycles. The van der Waals surface area contributed by atoms with Gasteiger partial charge in [0.2, 0.25) is 5.91 Å². The number of benzene rings is 1. The van der Waals surface area contributed by atoms with Crippen LogP contribution in [-0.4, -0.2) is 36.0 Å². The smallest absolute Gasteiger partial charge is 0.224 e. The van der Waals surface area contributed by atoms with E-state index in [9.17, 15) is 4.79 Å². The van der Waals surface area contributed by atoms with Gasteiger partial charge < -0.3 is 10.2 Å². The second-order valence-corrected chi connectivity index (χ2v) is 6.43. The van der Waals surface area contributed by atoms with Gasteiger partial charge in [0.05, 0.1) is 0 Å². The fraction of sp³-hybridized carbons (Fsp3) is 0.632. The van der Waals surface area contributed by atoms with Crippen LogP contribution in [0.1, 0.15) is 50.7 Å². The Hall–Kier alpha value is -1.06. The van der Waals surface area contributed by atoms with Crippen LogP contribution in [0.25, 0.3) is 0 Å². The van der Waals surface area contributed by atoms with E-state index in [1.807, 2.05) is 0 Å².